The molecule has 0 atom stereocenters. The first-order chi connectivity index (χ1) is 26.2. The molecular weight excluding hydrogens is 647 g/mol. The Labute approximate surface area is 306 Å². The number of aromatic nitrogens is 1. The van der Waals surface area contributed by atoms with Gasteiger partial charge in [0, 0.05) is 45.6 Å². The predicted molar refractivity (Wildman–Crippen MR) is 223 cm³/mol. The number of rotatable bonds is 5. The third-order valence-corrected chi connectivity index (χ3v) is 10.5. The minimum atomic E-state index is 0.412. The first-order valence-corrected chi connectivity index (χ1v) is 18.0. The molecule has 0 unspecified atom stereocenters. The number of anilines is 2. The van der Waals surface area contributed by atoms with Crippen LogP contribution in [0.3, 0.4) is 0 Å². The normalized spacial score (nSPS) is 14.4. The molecule has 1 aliphatic heterocycles. The molecule has 4 nitrogen and oxygen atoms in total. The molecule has 2 N–H and O–H groups in total. The van der Waals surface area contributed by atoms with E-state index in [0.717, 1.165) is 99.1 Å². The summed E-state index contributed by atoms with van der Waals surface area (Å²) in [5, 5.41) is 7.64. The topological polar surface area (TPSA) is 47.3 Å². The number of hydrogen-bond donors (Lipinski definition) is 1. The summed E-state index contributed by atoms with van der Waals surface area (Å²) >= 11 is 0. The summed E-state index contributed by atoms with van der Waals surface area (Å²) in [5.41, 5.74) is 17.5. The van der Waals surface area contributed by atoms with E-state index >= 15 is 0 Å². The zero-order valence-electron chi connectivity index (χ0n) is 29.0. The smallest absolute Gasteiger partial charge is 0.145 e. The molecule has 0 saturated heterocycles. The first kappa shape index (κ1) is 30.9. The van der Waals surface area contributed by atoms with E-state index in [9.17, 15) is 0 Å². The van der Waals surface area contributed by atoms with Crippen molar-refractivity contribution in [3.63, 3.8) is 0 Å². The Morgan fingerprint density at radius 2 is 1.38 bits per heavy atom. The quantitative estimate of drug-likeness (QED) is 0.197. The Morgan fingerprint density at radius 3 is 2.21 bits per heavy atom. The lowest BCUT2D eigenvalue weighted by molar-refractivity contribution is 0.672. The maximum absolute atomic E-state index is 6.76. The number of nitrogens with two attached hydrogens (primary N) is 1. The molecule has 0 radical (unpaired) electrons. The third-order valence-electron chi connectivity index (χ3n) is 10.5. The third kappa shape index (κ3) is 4.88. The van der Waals surface area contributed by atoms with Gasteiger partial charge in [0.15, 0.2) is 0 Å². The molecule has 1 aliphatic rings. The number of furan rings is 1. The monoisotopic (exact) mass is 681 g/mol. The lowest BCUT2D eigenvalue weighted by Gasteiger charge is -2.29. The molecule has 0 spiro atoms. The molecule has 0 fully saturated rings. The van der Waals surface area contributed by atoms with Gasteiger partial charge in [-0.2, -0.15) is 0 Å². The standard InChI is InChI=1S/C49H35N3O/c1-32-30-41-45(52(35-17-6-3-7-18-35)44-27-25-40-39-21-11-13-23-46(39)53-49(40)48(41)44)31-51(43-26-24-34-16-8-9-19-37(34)47(32)43)42-22-12-10-20-38(42)36(28-29-50)33-14-4-2-5-15-33/h2-28,30-31H,1,29,50H2/b36-28-,41-30+,45-31+. The number of hydrogen-bond acceptors (Lipinski definition) is 3. The summed E-state index contributed by atoms with van der Waals surface area (Å²) in [5.74, 6) is 0. The van der Waals surface area contributed by atoms with Crippen LogP contribution in [0.5, 0.6) is 0 Å². The Bertz CT molecular complexity index is 3060. The second-order valence-corrected chi connectivity index (χ2v) is 13.5. The van der Waals surface area contributed by atoms with Crippen molar-refractivity contribution in [2.24, 2.45) is 5.73 Å². The molecule has 53 heavy (non-hydrogen) atoms. The van der Waals surface area contributed by atoms with E-state index < -0.39 is 0 Å². The summed E-state index contributed by atoms with van der Waals surface area (Å²) in [6.07, 6.45) is 6.69. The van der Waals surface area contributed by atoms with Gasteiger partial charge in [-0.1, -0.05) is 128 Å². The second kappa shape index (κ2) is 12.4. The highest BCUT2D eigenvalue weighted by atomic mass is 16.3. The molecule has 4 heteroatoms. The van der Waals surface area contributed by atoms with Crippen molar-refractivity contribution in [3.8, 4) is 5.69 Å². The Balaban J connectivity index is 1.39. The molecule has 9 aromatic rings. The predicted octanol–water partition coefficient (Wildman–Crippen LogP) is 10.5. The molecule has 0 aliphatic carbocycles. The van der Waals surface area contributed by atoms with Crippen molar-refractivity contribution >= 4 is 78.4 Å². The fraction of sp³-hybridized carbons (Fsp3) is 0.0204. The van der Waals surface area contributed by atoms with Crippen LogP contribution in [-0.2, 0) is 0 Å². The molecule has 0 bridgehead atoms. The van der Waals surface area contributed by atoms with Gasteiger partial charge in [0.1, 0.15) is 11.2 Å². The SMILES string of the molecule is C=C1/C=c2\c(n(-c3ccccc3)c3ccc4c5ccccc5oc4c23)=C/N(c2ccccc2/C(=C\CN)c2ccccc2)c2ccc3ccccc3c21. The van der Waals surface area contributed by atoms with Crippen molar-refractivity contribution in [2.75, 3.05) is 11.4 Å². The summed E-state index contributed by atoms with van der Waals surface area (Å²) in [6.45, 7) is 5.23. The molecule has 0 amide bonds. The van der Waals surface area contributed by atoms with Crippen LogP contribution < -0.4 is 21.2 Å². The molecule has 252 valence electrons. The first-order valence-electron chi connectivity index (χ1n) is 18.0. The average molecular weight is 682 g/mol. The zero-order chi connectivity index (χ0) is 35.5. The maximum Gasteiger partial charge on any atom is 0.145 e. The van der Waals surface area contributed by atoms with E-state index in [-0.39, 0.29) is 0 Å². The highest BCUT2D eigenvalue weighted by Gasteiger charge is 2.24. The van der Waals surface area contributed by atoms with Gasteiger partial charge in [-0.15, -0.1) is 0 Å². The summed E-state index contributed by atoms with van der Waals surface area (Å²) in [4.78, 5) is 2.36. The van der Waals surface area contributed by atoms with Crippen molar-refractivity contribution in [2.45, 2.75) is 0 Å². The van der Waals surface area contributed by atoms with E-state index in [2.05, 4.69) is 167 Å². The fourth-order valence-electron chi connectivity index (χ4n) is 8.20. The summed E-state index contributed by atoms with van der Waals surface area (Å²) < 4.78 is 9.11. The molecular formula is C49H35N3O. The van der Waals surface area contributed by atoms with Crippen LogP contribution in [0, 0.1) is 0 Å². The highest BCUT2D eigenvalue weighted by molar-refractivity contribution is 6.16. The number of para-hydroxylation sites is 3. The Morgan fingerprint density at radius 1 is 0.660 bits per heavy atom. The molecule has 10 rings (SSSR count). The van der Waals surface area contributed by atoms with Crippen molar-refractivity contribution in [3.05, 3.63) is 198 Å². The molecule has 2 aromatic heterocycles. The summed E-state index contributed by atoms with van der Waals surface area (Å²) in [7, 11) is 0. The van der Waals surface area contributed by atoms with Gasteiger partial charge in [-0.05, 0) is 76.0 Å². The van der Waals surface area contributed by atoms with Gasteiger partial charge >= 0.3 is 0 Å². The Hall–Kier alpha value is -6.88. The van der Waals surface area contributed by atoms with Crippen LogP contribution in [0.2, 0.25) is 0 Å². The van der Waals surface area contributed by atoms with Crippen LogP contribution in [0.25, 0.3) is 72.7 Å². The average Bonchev–Trinajstić information content (AvgIpc) is 3.73. The van der Waals surface area contributed by atoms with Crippen molar-refractivity contribution in [1.82, 2.24) is 4.57 Å². The molecule has 7 aromatic carbocycles. The van der Waals surface area contributed by atoms with Gasteiger partial charge in [0.25, 0.3) is 0 Å². The van der Waals surface area contributed by atoms with Gasteiger partial charge in [0.2, 0.25) is 0 Å². The lowest BCUT2D eigenvalue weighted by atomic mass is 9.92. The van der Waals surface area contributed by atoms with E-state index in [1.54, 1.807) is 0 Å². The largest absolute Gasteiger partial charge is 0.455 e. The zero-order valence-corrected chi connectivity index (χ0v) is 29.0. The second-order valence-electron chi connectivity index (χ2n) is 13.5. The van der Waals surface area contributed by atoms with Crippen LogP contribution in [0.15, 0.2) is 175 Å². The number of nitrogens with zero attached hydrogens (tertiary/aromatic N) is 2. The lowest BCUT2D eigenvalue weighted by Crippen LogP contribution is -2.33. The van der Waals surface area contributed by atoms with Crippen LogP contribution in [0.1, 0.15) is 16.7 Å². The van der Waals surface area contributed by atoms with E-state index in [4.69, 9.17) is 16.7 Å². The van der Waals surface area contributed by atoms with Gasteiger partial charge in [0.05, 0.1) is 27.6 Å². The molecule has 0 saturated carbocycles. The van der Waals surface area contributed by atoms with E-state index in [1.165, 1.54) is 0 Å². The van der Waals surface area contributed by atoms with Crippen molar-refractivity contribution < 1.29 is 4.42 Å². The van der Waals surface area contributed by atoms with Gasteiger partial charge in [-0.3, -0.25) is 0 Å². The highest BCUT2D eigenvalue weighted by Crippen LogP contribution is 2.42. The number of fused-ring (bicyclic) bond motifs is 10. The van der Waals surface area contributed by atoms with Crippen LogP contribution >= 0.6 is 0 Å². The van der Waals surface area contributed by atoms with Gasteiger partial charge < -0.3 is 19.6 Å². The minimum Gasteiger partial charge on any atom is -0.455 e. The van der Waals surface area contributed by atoms with Crippen LogP contribution in [0.4, 0.5) is 11.4 Å². The number of benzene rings is 7. The minimum absolute atomic E-state index is 0.412. The van der Waals surface area contributed by atoms with Gasteiger partial charge in [-0.25, -0.2) is 0 Å². The van der Waals surface area contributed by atoms with E-state index in [0.29, 0.717) is 6.54 Å². The van der Waals surface area contributed by atoms with Crippen molar-refractivity contribution in [1.29, 1.82) is 0 Å². The maximum atomic E-state index is 6.76. The number of allylic oxidation sites excluding steroid dienone is 1. The van der Waals surface area contributed by atoms with Crippen LogP contribution in [-0.4, -0.2) is 11.1 Å². The Kier molecular flexibility index (Phi) is 7.24. The van der Waals surface area contributed by atoms with E-state index in [1.807, 2.05) is 18.2 Å². The summed E-state index contributed by atoms with van der Waals surface area (Å²) in [6, 6.07) is 55.5. The fourth-order valence-corrected chi connectivity index (χ4v) is 8.20. The molecule has 3 heterocycles.